The van der Waals surface area contributed by atoms with Crippen LogP contribution in [-0.4, -0.2) is 17.7 Å². The molecule has 0 aliphatic rings. The molecule has 18 heavy (non-hydrogen) atoms. The number of phenols is 1. The Kier molecular flexibility index (Phi) is 4.10. The molecule has 0 amide bonds. The SMILES string of the molecule is CCOC(=O)c1cc(Br)c(O)c(N)c1C(F)(F)F. The highest BCUT2D eigenvalue weighted by Crippen LogP contribution is 2.43. The highest BCUT2D eigenvalue weighted by Gasteiger charge is 2.39. The van der Waals surface area contributed by atoms with Crippen molar-refractivity contribution in [2.75, 3.05) is 12.3 Å². The lowest BCUT2D eigenvalue weighted by Crippen LogP contribution is -2.17. The molecule has 0 aliphatic carbocycles. The molecule has 0 saturated heterocycles. The first-order chi connectivity index (χ1) is 8.20. The van der Waals surface area contributed by atoms with Gasteiger partial charge < -0.3 is 15.6 Å². The van der Waals surface area contributed by atoms with E-state index in [1.807, 2.05) is 0 Å². The predicted molar refractivity (Wildman–Crippen MR) is 61.2 cm³/mol. The lowest BCUT2D eigenvalue weighted by molar-refractivity contribution is -0.137. The largest absolute Gasteiger partial charge is 0.505 e. The van der Waals surface area contributed by atoms with Gasteiger partial charge in [0.25, 0.3) is 0 Å². The molecule has 0 heterocycles. The molecule has 8 heteroatoms. The van der Waals surface area contributed by atoms with Crippen LogP contribution in [0.15, 0.2) is 10.5 Å². The van der Waals surface area contributed by atoms with E-state index in [9.17, 15) is 23.1 Å². The van der Waals surface area contributed by atoms with Gasteiger partial charge in [-0.2, -0.15) is 13.2 Å². The maximum atomic E-state index is 12.8. The van der Waals surface area contributed by atoms with Crippen molar-refractivity contribution < 1.29 is 27.8 Å². The van der Waals surface area contributed by atoms with Gasteiger partial charge in [-0.3, -0.25) is 0 Å². The number of rotatable bonds is 2. The fourth-order valence-corrected chi connectivity index (χ4v) is 1.78. The molecule has 1 aromatic rings. The van der Waals surface area contributed by atoms with E-state index in [1.165, 1.54) is 6.92 Å². The van der Waals surface area contributed by atoms with Gasteiger partial charge in [-0.15, -0.1) is 0 Å². The van der Waals surface area contributed by atoms with E-state index in [-0.39, 0.29) is 11.1 Å². The molecule has 0 atom stereocenters. The zero-order valence-electron chi connectivity index (χ0n) is 9.14. The van der Waals surface area contributed by atoms with Crippen molar-refractivity contribution in [3.63, 3.8) is 0 Å². The molecule has 0 saturated carbocycles. The van der Waals surface area contributed by atoms with Gasteiger partial charge in [0.15, 0.2) is 5.75 Å². The van der Waals surface area contributed by atoms with Crippen molar-refractivity contribution >= 4 is 27.6 Å². The standard InChI is InChI=1S/C10H9BrF3NO3/c1-2-18-9(17)4-3-5(11)8(16)7(15)6(4)10(12,13)14/h3,16H,2,15H2,1H3. The average Bonchev–Trinajstić information content (AvgIpc) is 2.23. The molecular formula is C10H9BrF3NO3. The number of alkyl halides is 3. The Balaban J connectivity index is 3.54. The lowest BCUT2D eigenvalue weighted by atomic mass is 10.0. The Morgan fingerprint density at radius 1 is 1.56 bits per heavy atom. The average molecular weight is 328 g/mol. The van der Waals surface area contributed by atoms with Crippen LogP contribution in [0.2, 0.25) is 0 Å². The molecule has 1 aromatic carbocycles. The fraction of sp³-hybridized carbons (Fsp3) is 0.300. The van der Waals surface area contributed by atoms with E-state index in [1.54, 1.807) is 0 Å². The molecule has 3 N–H and O–H groups in total. The first-order valence-electron chi connectivity index (χ1n) is 4.75. The summed E-state index contributed by atoms with van der Waals surface area (Å²) in [6.45, 7) is 1.39. The monoisotopic (exact) mass is 327 g/mol. The van der Waals surface area contributed by atoms with Gasteiger partial charge >= 0.3 is 12.1 Å². The van der Waals surface area contributed by atoms with Crippen LogP contribution >= 0.6 is 15.9 Å². The molecule has 4 nitrogen and oxygen atoms in total. The number of carbonyl (C=O) groups is 1. The number of carbonyl (C=O) groups excluding carboxylic acids is 1. The van der Waals surface area contributed by atoms with Crippen LogP contribution in [0.4, 0.5) is 18.9 Å². The first-order valence-corrected chi connectivity index (χ1v) is 5.54. The maximum absolute atomic E-state index is 12.8. The molecule has 0 fully saturated rings. The number of hydrogen-bond donors (Lipinski definition) is 2. The number of ether oxygens (including phenoxy) is 1. The van der Waals surface area contributed by atoms with Crippen LogP contribution in [0.3, 0.4) is 0 Å². The minimum Gasteiger partial charge on any atom is -0.505 e. The minimum atomic E-state index is -4.87. The third-order valence-electron chi connectivity index (χ3n) is 2.07. The van der Waals surface area contributed by atoms with E-state index in [0.717, 1.165) is 6.07 Å². The first kappa shape index (κ1) is 14.6. The molecule has 0 aliphatic heterocycles. The van der Waals surface area contributed by atoms with Crippen molar-refractivity contribution in [1.29, 1.82) is 0 Å². The summed E-state index contributed by atoms with van der Waals surface area (Å²) < 4.78 is 42.8. The van der Waals surface area contributed by atoms with Crippen LogP contribution in [-0.2, 0) is 10.9 Å². The molecule has 0 bridgehead atoms. The molecule has 0 spiro atoms. The quantitative estimate of drug-likeness (QED) is 0.497. The zero-order valence-corrected chi connectivity index (χ0v) is 10.7. The number of nitrogens with two attached hydrogens (primary N) is 1. The topological polar surface area (TPSA) is 72.5 Å². The van der Waals surface area contributed by atoms with Crippen molar-refractivity contribution in [3.05, 3.63) is 21.7 Å². The summed E-state index contributed by atoms with van der Waals surface area (Å²) in [7, 11) is 0. The highest BCUT2D eigenvalue weighted by atomic mass is 79.9. The van der Waals surface area contributed by atoms with Gasteiger partial charge in [0.05, 0.1) is 27.9 Å². The number of anilines is 1. The summed E-state index contributed by atoms with van der Waals surface area (Å²) >= 11 is 2.81. The summed E-state index contributed by atoms with van der Waals surface area (Å²) in [5, 5.41) is 9.36. The number of phenolic OH excluding ortho intramolecular Hbond substituents is 1. The summed E-state index contributed by atoms with van der Waals surface area (Å²) in [5.41, 5.74) is 2.13. The third kappa shape index (κ3) is 2.69. The number of esters is 1. The van der Waals surface area contributed by atoms with Gasteiger partial charge in [-0.1, -0.05) is 0 Å². The van der Waals surface area contributed by atoms with E-state index in [4.69, 9.17) is 5.73 Å². The number of hydrogen-bond acceptors (Lipinski definition) is 4. The predicted octanol–water partition coefficient (Wildman–Crippen LogP) is 2.93. The normalized spacial score (nSPS) is 11.4. The van der Waals surface area contributed by atoms with Crippen molar-refractivity contribution in [3.8, 4) is 5.75 Å². The van der Waals surface area contributed by atoms with Crippen LogP contribution in [0.1, 0.15) is 22.8 Å². The number of nitrogen functional groups attached to an aromatic ring is 1. The van der Waals surface area contributed by atoms with Crippen molar-refractivity contribution in [2.45, 2.75) is 13.1 Å². The third-order valence-corrected chi connectivity index (χ3v) is 2.67. The molecule has 0 radical (unpaired) electrons. The van der Waals surface area contributed by atoms with Gasteiger partial charge in [-0.05, 0) is 28.9 Å². The summed E-state index contributed by atoms with van der Waals surface area (Å²) in [6, 6.07) is 0.826. The molecule has 0 aromatic heterocycles. The second-order valence-electron chi connectivity index (χ2n) is 3.26. The van der Waals surface area contributed by atoms with Crippen molar-refractivity contribution in [1.82, 2.24) is 0 Å². The van der Waals surface area contributed by atoms with Gasteiger partial charge in [-0.25, -0.2) is 4.79 Å². The maximum Gasteiger partial charge on any atom is 0.419 e. The smallest absolute Gasteiger partial charge is 0.419 e. The Morgan fingerprint density at radius 3 is 2.56 bits per heavy atom. The minimum absolute atomic E-state index is 0.0749. The van der Waals surface area contributed by atoms with Crippen LogP contribution in [0, 0.1) is 0 Å². The van der Waals surface area contributed by atoms with Crippen LogP contribution < -0.4 is 5.73 Å². The van der Waals surface area contributed by atoms with Gasteiger partial charge in [0, 0.05) is 0 Å². The molecule has 100 valence electrons. The fourth-order valence-electron chi connectivity index (χ4n) is 1.33. The van der Waals surface area contributed by atoms with E-state index < -0.39 is 34.7 Å². The number of benzene rings is 1. The van der Waals surface area contributed by atoms with Crippen LogP contribution in [0.5, 0.6) is 5.75 Å². The zero-order chi connectivity index (χ0) is 14.1. The van der Waals surface area contributed by atoms with Gasteiger partial charge in [0.2, 0.25) is 0 Å². The Bertz CT molecular complexity index is 488. The lowest BCUT2D eigenvalue weighted by Gasteiger charge is -2.16. The summed E-state index contributed by atoms with van der Waals surface area (Å²) in [6.07, 6.45) is -4.87. The second-order valence-corrected chi connectivity index (χ2v) is 4.12. The summed E-state index contributed by atoms with van der Waals surface area (Å²) in [5.74, 6) is -1.92. The van der Waals surface area contributed by atoms with Crippen molar-refractivity contribution in [2.24, 2.45) is 0 Å². The van der Waals surface area contributed by atoms with E-state index in [2.05, 4.69) is 20.7 Å². The summed E-state index contributed by atoms with van der Waals surface area (Å²) in [4.78, 5) is 11.4. The molecular weight excluding hydrogens is 319 g/mol. The highest BCUT2D eigenvalue weighted by molar-refractivity contribution is 9.10. The van der Waals surface area contributed by atoms with Gasteiger partial charge in [0.1, 0.15) is 0 Å². The number of halogens is 4. The molecule has 0 unspecified atom stereocenters. The van der Waals surface area contributed by atoms with E-state index >= 15 is 0 Å². The van der Waals surface area contributed by atoms with E-state index in [0.29, 0.717) is 0 Å². The Labute approximate surface area is 109 Å². The Morgan fingerprint density at radius 2 is 2.11 bits per heavy atom. The number of aromatic hydroxyl groups is 1. The Hall–Kier alpha value is -1.44. The second kappa shape index (κ2) is 5.05. The van der Waals surface area contributed by atoms with Crippen LogP contribution in [0.25, 0.3) is 0 Å². The molecule has 1 rings (SSSR count).